The zero-order chi connectivity index (χ0) is 15.9. The Morgan fingerprint density at radius 1 is 1.09 bits per heavy atom. The van der Waals surface area contributed by atoms with Crippen LogP contribution >= 0.6 is 11.6 Å². The van der Waals surface area contributed by atoms with E-state index in [2.05, 4.69) is 0 Å². The molecule has 0 fully saturated rings. The molecule has 0 saturated heterocycles. The minimum absolute atomic E-state index is 0.0175. The first-order chi connectivity index (χ1) is 10.5. The summed E-state index contributed by atoms with van der Waals surface area (Å²) in [6.45, 7) is 0. The number of aliphatic hydroxyl groups is 1. The molecule has 1 aliphatic heterocycles. The molecule has 0 radical (unpaired) electrons. The summed E-state index contributed by atoms with van der Waals surface area (Å²) in [5.41, 5.74) is 1.09. The summed E-state index contributed by atoms with van der Waals surface area (Å²) in [6.07, 6.45) is -1.13. The highest BCUT2D eigenvalue weighted by molar-refractivity contribution is 6.34. The Bertz CT molecular complexity index is 736. The van der Waals surface area contributed by atoms with Gasteiger partial charge in [-0.2, -0.15) is 5.01 Å². The average Bonchev–Trinajstić information content (AvgIpc) is 2.75. The maximum absolute atomic E-state index is 14.2. The molecule has 0 aliphatic carbocycles. The maximum Gasteiger partial charge on any atom is 0.162 e. The van der Waals surface area contributed by atoms with Gasteiger partial charge in [0.1, 0.15) is 11.6 Å². The van der Waals surface area contributed by atoms with E-state index in [0.29, 0.717) is 11.3 Å². The van der Waals surface area contributed by atoms with Gasteiger partial charge in [-0.1, -0.05) is 41.9 Å². The minimum Gasteiger partial charge on any atom is -0.371 e. The van der Waals surface area contributed by atoms with Crippen molar-refractivity contribution < 1.29 is 13.9 Å². The molecular formula is C16H13ClF2N2O. The summed E-state index contributed by atoms with van der Waals surface area (Å²) >= 11 is 6.22. The number of hydrogen-bond acceptors (Lipinski definition) is 3. The second kappa shape index (κ2) is 5.68. The van der Waals surface area contributed by atoms with Crippen LogP contribution in [0.25, 0.3) is 5.70 Å². The largest absolute Gasteiger partial charge is 0.371 e. The van der Waals surface area contributed by atoms with E-state index < -0.39 is 17.9 Å². The van der Waals surface area contributed by atoms with Crippen LogP contribution in [0.2, 0.25) is 0 Å². The lowest BCUT2D eigenvalue weighted by Crippen LogP contribution is -2.39. The third-order valence-electron chi connectivity index (χ3n) is 3.52. The fourth-order valence-corrected chi connectivity index (χ4v) is 2.78. The van der Waals surface area contributed by atoms with Gasteiger partial charge < -0.3 is 5.11 Å². The first-order valence-corrected chi connectivity index (χ1v) is 6.99. The molecule has 0 saturated carbocycles. The van der Waals surface area contributed by atoms with E-state index in [0.717, 1.165) is 18.2 Å². The van der Waals surface area contributed by atoms with Crippen LogP contribution in [0.1, 0.15) is 5.56 Å². The molecule has 0 spiro atoms. The average molecular weight is 323 g/mol. The number of aliphatic hydroxyl groups excluding tert-OH is 1. The van der Waals surface area contributed by atoms with E-state index in [1.165, 1.54) is 10.0 Å². The van der Waals surface area contributed by atoms with Crippen molar-refractivity contribution in [3.63, 3.8) is 0 Å². The van der Waals surface area contributed by atoms with Crippen molar-refractivity contribution in [3.8, 4) is 0 Å². The van der Waals surface area contributed by atoms with Crippen LogP contribution in [0.3, 0.4) is 0 Å². The summed E-state index contributed by atoms with van der Waals surface area (Å²) in [7, 11) is 1.55. The maximum atomic E-state index is 14.2. The molecule has 3 nitrogen and oxygen atoms in total. The fraction of sp³-hybridized carbons (Fsp3) is 0.125. The Labute approximate surface area is 131 Å². The Kier molecular flexibility index (Phi) is 3.87. The SMILES string of the molecule is CN1C(O)C(Cl)=C(c2ccccc2)N1c1cc(F)ccc1F. The van der Waals surface area contributed by atoms with Crippen molar-refractivity contribution in [3.05, 3.63) is 70.8 Å². The fourth-order valence-electron chi connectivity index (χ4n) is 2.45. The van der Waals surface area contributed by atoms with E-state index in [-0.39, 0.29) is 10.7 Å². The summed E-state index contributed by atoms with van der Waals surface area (Å²) in [6, 6.07) is 12.2. The standard InChI is InChI=1S/C16H13ClF2N2O/c1-20-16(22)14(17)15(10-5-3-2-4-6-10)21(20)13-9-11(18)7-8-12(13)19/h2-9,16,22H,1H3. The molecule has 22 heavy (non-hydrogen) atoms. The van der Waals surface area contributed by atoms with E-state index in [4.69, 9.17) is 11.6 Å². The van der Waals surface area contributed by atoms with Crippen LogP contribution in [0.15, 0.2) is 53.6 Å². The van der Waals surface area contributed by atoms with Gasteiger partial charge in [0.15, 0.2) is 6.23 Å². The first-order valence-electron chi connectivity index (χ1n) is 6.62. The summed E-state index contributed by atoms with van der Waals surface area (Å²) in [5, 5.41) is 13.0. The molecule has 0 bridgehead atoms. The molecule has 0 aromatic heterocycles. The van der Waals surface area contributed by atoms with Gasteiger partial charge in [0.05, 0.1) is 16.4 Å². The minimum atomic E-state index is -1.13. The van der Waals surface area contributed by atoms with Crippen LogP contribution in [0.5, 0.6) is 0 Å². The monoisotopic (exact) mass is 322 g/mol. The van der Waals surface area contributed by atoms with Gasteiger partial charge >= 0.3 is 0 Å². The summed E-state index contributed by atoms with van der Waals surface area (Å²) in [4.78, 5) is 0. The predicted octanol–water partition coefficient (Wildman–Crippen LogP) is 3.56. The van der Waals surface area contributed by atoms with Gasteiger partial charge in [-0.05, 0) is 12.1 Å². The molecule has 0 amide bonds. The van der Waals surface area contributed by atoms with Crippen molar-refractivity contribution in [2.75, 3.05) is 12.1 Å². The molecule has 1 atom stereocenters. The zero-order valence-corrected chi connectivity index (χ0v) is 12.4. The number of benzene rings is 2. The quantitative estimate of drug-likeness (QED) is 0.916. The van der Waals surface area contributed by atoms with E-state index in [1.54, 1.807) is 31.3 Å². The molecule has 6 heteroatoms. The number of hydrazine groups is 1. The molecule has 3 rings (SSSR count). The molecule has 114 valence electrons. The number of rotatable bonds is 2. The lowest BCUT2D eigenvalue weighted by molar-refractivity contribution is 0.0723. The highest BCUT2D eigenvalue weighted by Crippen LogP contribution is 2.40. The van der Waals surface area contributed by atoms with Crippen molar-refractivity contribution in [1.29, 1.82) is 0 Å². The number of hydrogen-bond donors (Lipinski definition) is 1. The van der Waals surface area contributed by atoms with Crippen molar-refractivity contribution >= 4 is 23.0 Å². The Balaban J connectivity index is 2.18. The second-order valence-electron chi connectivity index (χ2n) is 4.92. The van der Waals surface area contributed by atoms with Crippen LogP contribution in [-0.4, -0.2) is 23.4 Å². The summed E-state index contributed by atoms with van der Waals surface area (Å²) in [5.74, 6) is -1.19. The van der Waals surface area contributed by atoms with Gasteiger partial charge in [-0.25, -0.2) is 8.78 Å². The van der Waals surface area contributed by atoms with Gasteiger partial charge in [0, 0.05) is 18.7 Å². The van der Waals surface area contributed by atoms with Crippen molar-refractivity contribution in [2.45, 2.75) is 6.23 Å². The van der Waals surface area contributed by atoms with Crippen LogP contribution in [-0.2, 0) is 0 Å². The third-order valence-corrected chi connectivity index (χ3v) is 3.89. The third kappa shape index (κ3) is 2.37. The molecule has 1 aliphatic rings. The second-order valence-corrected chi connectivity index (χ2v) is 5.32. The Morgan fingerprint density at radius 2 is 1.77 bits per heavy atom. The smallest absolute Gasteiger partial charge is 0.162 e. The van der Waals surface area contributed by atoms with Crippen molar-refractivity contribution in [2.24, 2.45) is 0 Å². The molecule has 1 N–H and O–H groups in total. The lowest BCUT2D eigenvalue weighted by Gasteiger charge is -2.30. The van der Waals surface area contributed by atoms with Gasteiger partial charge in [-0.15, -0.1) is 0 Å². The molecule has 2 aromatic rings. The van der Waals surface area contributed by atoms with Gasteiger partial charge in [0.25, 0.3) is 0 Å². The summed E-state index contributed by atoms with van der Waals surface area (Å²) < 4.78 is 27.7. The van der Waals surface area contributed by atoms with Gasteiger partial charge in [-0.3, -0.25) is 5.01 Å². The van der Waals surface area contributed by atoms with Crippen molar-refractivity contribution in [1.82, 2.24) is 5.01 Å². The van der Waals surface area contributed by atoms with E-state index >= 15 is 0 Å². The zero-order valence-electron chi connectivity index (χ0n) is 11.7. The molecular weight excluding hydrogens is 310 g/mol. The number of nitrogens with zero attached hydrogens (tertiary/aromatic N) is 2. The highest BCUT2D eigenvalue weighted by atomic mass is 35.5. The highest BCUT2D eigenvalue weighted by Gasteiger charge is 2.37. The first kappa shape index (κ1) is 15.0. The predicted molar refractivity (Wildman–Crippen MR) is 81.8 cm³/mol. The van der Waals surface area contributed by atoms with Crippen LogP contribution in [0.4, 0.5) is 14.5 Å². The van der Waals surface area contributed by atoms with Crippen LogP contribution < -0.4 is 5.01 Å². The molecule has 1 unspecified atom stereocenters. The van der Waals surface area contributed by atoms with E-state index in [9.17, 15) is 13.9 Å². The molecule has 2 aromatic carbocycles. The Morgan fingerprint density at radius 3 is 2.45 bits per heavy atom. The number of halogens is 3. The normalized spacial score (nSPS) is 19.1. The molecule has 1 heterocycles. The topological polar surface area (TPSA) is 26.7 Å². The lowest BCUT2D eigenvalue weighted by atomic mass is 10.1. The Hall–Kier alpha value is -1.95. The van der Waals surface area contributed by atoms with Gasteiger partial charge in [0.2, 0.25) is 0 Å². The van der Waals surface area contributed by atoms with Crippen LogP contribution in [0, 0.1) is 11.6 Å². The van der Waals surface area contributed by atoms with E-state index in [1.807, 2.05) is 6.07 Å². The number of likely N-dealkylation sites (N-methyl/N-ethyl adjacent to an activating group) is 1. The number of anilines is 1.